The molecule has 3 rings (SSSR count). The summed E-state index contributed by atoms with van der Waals surface area (Å²) in [6.07, 6.45) is 0. The van der Waals surface area contributed by atoms with Gasteiger partial charge in [-0.1, -0.05) is 24.3 Å². The zero-order chi connectivity index (χ0) is 17.5. The number of hydrogen-bond donors (Lipinski definition) is 1. The predicted octanol–water partition coefficient (Wildman–Crippen LogP) is 3.07. The second-order valence-electron chi connectivity index (χ2n) is 6.93. The Labute approximate surface area is 146 Å². The van der Waals surface area contributed by atoms with Crippen molar-refractivity contribution in [3.8, 4) is 11.3 Å². The molecule has 0 saturated carbocycles. The third-order valence-electron chi connectivity index (χ3n) is 4.49. The summed E-state index contributed by atoms with van der Waals surface area (Å²) in [4.78, 5) is 15.6. The maximum atomic E-state index is 11.1. The summed E-state index contributed by atoms with van der Waals surface area (Å²) in [6, 6.07) is 7.97. The highest BCUT2D eigenvalue weighted by Crippen LogP contribution is 2.36. The predicted molar refractivity (Wildman–Crippen MR) is 97.6 cm³/mol. The summed E-state index contributed by atoms with van der Waals surface area (Å²) in [5.74, 6) is -0.123. The molecule has 1 aliphatic heterocycles. The first-order valence-corrected chi connectivity index (χ1v) is 8.75. The Bertz CT molecular complexity index is 757. The van der Waals surface area contributed by atoms with Gasteiger partial charge in [-0.25, -0.2) is 4.98 Å². The van der Waals surface area contributed by atoms with E-state index in [1.807, 2.05) is 57.3 Å². The fourth-order valence-electron chi connectivity index (χ4n) is 2.44. The van der Waals surface area contributed by atoms with Crippen LogP contribution in [0.25, 0.3) is 11.3 Å². The molecule has 24 heavy (non-hydrogen) atoms. The highest BCUT2D eigenvalue weighted by Gasteiger charge is 2.51. The molecular weight excluding hydrogens is 323 g/mol. The van der Waals surface area contributed by atoms with E-state index in [2.05, 4.69) is 10.3 Å². The molecule has 0 spiro atoms. The van der Waals surface area contributed by atoms with Gasteiger partial charge < -0.3 is 14.6 Å². The number of amides is 1. The molecule has 1 aromatic carbocycles. The van der Waals surface area contributed by atoms with E-state index in [4.69, 9.17) is 9.31 Å². The Morgan fingerprint density at radius 3 is 2.50 bits per heavy atom. The van der Waals surface area contributed by atoms with E-state index in [1.54, 1.807) is 0 Å². The molecule has 1 saturated heterocycles. The van der Waals surface area contributed by atoms with Crippen LogP contribution in [0.5, 0.6) is 0 Å². The number of thiazole rings is 1. The monoisotopic (exact) mass is 344 g/mol. The van der Waals surface area contributed by atoms with Gasteiger partial charge in [-0.15, -0.1) is 11.3 Å². The summed E-state index contributed by atoms with van der Waals surface area (Å²) in [5.41, 5.74) is 2.01. The number of aromatic nitrogens is 1. The average molecular weight is 344 g/mol. The number of anilines is 1. The van der Waals surface area contributed by atoms with Crippen LogP contribution in [0, 0.1) is 0 Å². The topological polar surface area (TPSA) is 60.5 Å². The molecule has 1 aliphatic rings. The summed E-state index contributed by atoms with van der Waals surface area (Å²) in [7, 11) is -0.400. The Morgan fingerprint density at radius 2 is 1.88 bits per heavy atom. The number of nitrogens with zero attached hydrogens (tertiary/aromatic N) is 1. The van der Waals surface area contributed by atoms with Gasteiger partial charge in [0.05, 0.1) is 16.9 Å². The summed E-state index contributed by atoms with van der Waals surface area (Å²) >= 11 is 1.40. The molecule has 126 valence electrons. The van der Waals surface area contributed by atoms with Crippen molar-refractivity contribution in [1.29, 1.82) is 0 Å². The molecule has 0 bridgehead atoms. The van der Waals surface area contributed by atoms with Crippen LogP contribution in [0.3, 0.4) is 0 Å². The number of nitrogens with one attached hydrogen (secondary N) is 1. The lowest BCUT2D eigenvalue weighted by Gasteiger charge is -2.32. The largest absolute Gasteiger partial charge is 0.494 e. The van der Waals surface area contributed by atoms with Crippen LogP contribution in [0.1, 0.15) is 34.6 Å². The third-order valence-corrected chi connectivity index (χ3v) is 5.25. The molecular formula is C17H21BN2O3S. The van der Waals surface area contributed by atoms with Gasteiger partial charge in [0.1, 0.15) is 0 Å². The third kappa shape index (κ3) is 3.24. The van der Waals surface area contributed by atoms with E-state index < -0.39 is 7.12 Å². The lowest BCUT2D eigenvalue weighted by Crippen LogP contribution is -2.41. The lowest BCUT2D eigenvalue weighted by molar-refractivity contribution is -0.114. The number of rotatable bonds is 3. The Morgan fingerprint density at radius 1 is 1.21 bits per heavy atom. The van der Waals surface area contributed by atoms with Crippen LogP contribution in [-0.2, 0) is 14.1 Å². The van der Waals surface area contributed by atoms with Gasteiger partial charge in [0.15, 0.2) is 5.13 Å². The van der Waals surface area contributed by atoms with E-state index in [0.717, 1.165) is 16.7 Å². The quantitative estimate of drug-likeness (QED) is 0.870. The van der Waals surface area contributed by atoms with Gasteiger partial charge in [0, 0.05) is 17.9 Å². The highest BCUT2D eigenvalue weighted by molar-refractivity contribution is 7.14. The molecule has 0 radical (unpaired) electrons. The Balaban J connectivity index is 1.85. The van der Waals surface area contributed by atoms with Crippen molar-refractivity contribution in [2.45, 2.75) is 45.8 Å². The van der Waals surface area contributed by atoms with Gasteiger partial charge in [-0.05, 0) is 33.2 Å². The van der Waals surface area contributed by atoms with E-state index in [1.165, 1.54) is 18.3 Å². The minimum atomic E-state index is -0.400. The minimum absolute atomic E-state index is 0.123. The molecule has 2 heterocycles. The van der Waals surface area contributed by atoms with E-state index in [9.17, 15) is 4.79 Å². The van der Waals surface area contributed by atoms with Crippen LogP contribution in [0.2, 0.25) is 0 Å². The Hall–Kier alpha value is -1.70. The molecule has 1 aromatic heterocycles. The van der Waals surface area contributed by atoms with Crippen LogP contribution < -0.4 is 10.8 Å². The van der Waals surface area contributed by atoms with Crippen LogP contribution in [-0.4, -0.2) is 29.2 Å². The van der Waals surface area contributed by atoms with Crippen molar-refractivity contribution in [3.05, 3.63) is 29.6 Å². The second-order valence-corrected chi connectivity index (χ2v) is 7.79. The van der Waals surface area contributed by atoms with Crippen molar-refractivity contribution in [2.24, 2.45) is 0 Å². The van der Waals surface area contributed by atoms with Gasteiger partial charge in [-0.2, -0.15) is 0 Å². The molecule has 1 fully saturated rings. The average Bonchev–Trinajstić information content (AvgIpc) is 3.01. The zero-order valence-corrected chi connectivity index (χ0v) is 15.4. The first kappa shape index (κ1) is 17.1. The minimum Gasteiger partial charge on any atom is -0.399 e. The second kappa shape index (κ2) is 5.99. The van der Waals surface area contributed by atoms with Crippen molar-refractivity contribution in [1.82, 2.24) is 4.98 Å². The fraction of sp³-hybridized carbons (Fsp3) is 0.412. The molecule has 0 atom stereocenters. The van der Waals surface area contributed by atoms with Gasteiger partial charge >= 0.3 is 7.12 Å². The van der Waals surface area contributed by atoms with Crippen molar-refractivity contribution in [3.63, 3.8) is 0 Å². The van der Waals surface area contributed by atoms with Crippen LogP contribution in [0.15, 0.2) is 29.6 Å². The smallest absolute Gasteiger partial charge is 0.399 e. The highest BCUT2D eigenvalue weighted by atomic mass is 32.1. The van der Waals surface area contributed by atoms with Crippen molar-refractivity contribution >= 4 is 35.0 Å². The van der Waals surface area contributed by atoms with Gasteiger partial charge in [0.25, 0.3) is 0 Å². The number of carbonyl (C=O) groups is 1. The van der Waals surface area contributed by atoms with Gasteiger partial charge in [0.2, 0.25) is 5.91 Å². The van der Waals surface area contributed by atoms with Gasteiger partial charge in [-0.3, -0.25) is 4.79 Å². The maximum Gasteiger partial charge on any atom is 0.494 e. The number of hydrogen-bond acceptors (Lipinski definition) is 5. The van der Waals surface area contributed by atoms with Crippen molar-refractivity contribution in [2.75, 3.05) is 5.32 Å². The van der Waals surface area contributed by atoms with Crippen LogP contribution >= 0.6 is 11.3 Å². The lowest BCUT2D eigenvalue weighted by atomic mass is 9.78. The molecule has 5 nitrogen and oxygen atoms in total. The Kier molecular flexibility index (Phi) is 4.27. The first-order chi connectivity index (χ1) is 11.2. The zero-order valence-electron chi connectivity index (χ0n) is 14.5. The van der Waals surface area contributed by atoms with E-state index in [0.29, 0.717) is 5.13 Å². The van der Waals surface area contributed by atoms with Crippen LogP contribution in [0.4, 0.5) is 5.13 Å². The number of carbonyl (C=O) groups excluding carboxylic acids is 1. The molecule has 0 unspecified atom stereocenters. The van der Waals surface area contributed by atoms with E-state index in [-0.39, 0.29) is 17.1 Å². The molecule has 1 N–H and O–H groups in total. The van der Waals surface area contributed by atoms with Crippen molar-refractivity contribution < 1.29 is 14.1 Å². The summed E-state index contributed by atoms with van der Waals surface area (Å²) in [5, 5.41) is 5.23. The number of benzene rings is 1. The normalized spacial score (nSPS) is 18.6. The fourth-order valence-corrected chi connectivity index (χ4v) is 3.20. The molecule has 2 aromatic rings. The summed E-state index contributed by atoms with van der Waals surface area (Å²) < 4.78 is 12.2. The molecule has 1 amide bonds. The summed E-state index contributed by atoms with van der Waals surface area (Å²) in [6.45, 7) is 9.63. The standard InChI is InChI=1S/C17H21BN2O3S/c1-11(21)19-15-20-14(10-24-15)12-7-6-8-13(9-12)18-22-16(2,3)17(4,5)23-18/h6-10H,1-5H3,(H,19,20,21). The molecule has 7 heteroatoms. The first-order valence-electron chi connectivity index (χ1n) is 7.87. The molecule has 0 aliphatic carbocycles. The SMILES string of the molecule is CC(=O)Nc1nc(-c2cccc(B3OC(C)(C)C(C)(C)O3)c2)cs1. The maximum absolute atomic E-state index is 11.1. The van der Waals surface area contributed by atoms with E-state index >= 15 is 0 Å².